The third-order valence-electron chi connectivity index (χ3n) is 3.95. The molecule has 0 spiro atoms. The Kier molecular flexibility index (Phi) is 3.94. The van der Waals surface area contributed by atoms with Crippen molar-refractivity contribution in [1.82, 2.24) is 19.4 Å². The van der Waals surface area contributed by atoms with Crippen LogP contribution >= 0.6 is 11.3 Å². The van der Waals surface area contributed by atoms with Crippen LogP contribution in [0.5, 0.6) is 0 Å². The van der Waals surface area contributed by atoms with Crippen molar-refractivity contribution in [2.24, 2.45) is 5.92 Å². The Labute approximate surface area is 118 Å². The Morgan fingerprint density at radius 1 is 1.37 bits per heavy atom. The summed E-state index contributed by atoms with van der Waals surface area (Å²) >= 11 is 1.78. The number of imidazole rings is 1. The summed E-state index contributed by atoms with van der Waals surface area (Å²) in [5.74, 6) is 0.799. The van der Waals surface area contributed by atoms with E-state index in [0.29, 0.717) is 0 Å². The summed E-state index contributed by atoms with van der Waals surface area (Å²) in [6.07, 6.45) is 8.42. The van der Waals surface area contributed by atoms with E-state index in [1.165, 1.54) is 36.5 Å². The molecule has 102 valence electrons. The van der Waals surface area contributed by atoms with Gasteiger partial charge in [-0.1, -0.05) is 0 Å². The minimum absolute atomic E-state index is 0.799. The average molecular weight is 276 g/mol. The van der Waals surface area contributed by atoms with Crippen LogP contribution in [0.2, 0.25) is 0 Å². The summed E-state index contributed by atoms with van der Waals surface area (Å²) in [5.41, 5.74) is 3.15. The molecule has 2 aromatic rings. The fourth-order valence-electron chi connectivity index (χ4n) is 2.70. The number of aryl methyl sites for hydroxylation is 1. The Morgan fingerprint density at radius 2 is 2.21 bits per heavy atom. The Balaban J connectivity index is 1.48. The van der Waals surface area contributed by atoms with Crippen molar-refractivity contribution < 1.29 is 0 Å². The number of likely N-dealkylation sites (tertiary alicyclic amines) is 1. The van der Waals surface area contributed by atoms with Gasteiger partial charge in [0.25, 0.3) is 0 Å². The number of thiazole rings is 1. The normalized spacial score (nSPS) is 17.9. The van der Waals surface area contributed by atoms with Gasteiger partial charge in [-0.25, -0.2) is 9.97 Å². The second-order valence-corrected chi connectivity index (χ2v) is 6.28. The first-order valence-corrected chi connectivity index (χ1v) is 7.76. The zero-order chi connectivity index (χ0) is 13.1. The number of piperidine rings is 1. The third kappa shape index (κ3) is 3.22. The molecule has 3 rings (SSSR count). The van der Waals surface area contributed by atoms with Crippen LogP contribution < -0.4 is 0 Å². The third-order valence-corrected chi connectivity index (χ3v) is 4.87. The van der Waals surface area contributed by atoms with Gasteiger partial charge in [0.15, 0.2) is 0 Å². The van der Waals surface area contributed by atoms with Crippen molar-refractivity contribution >= 4 is 11.3 Å². The smallest absolute Gasteiger partial charge is 0.0945 e. The molecular weight excluding hydrogens is 256 g/mol. The minimum Gasteiger partial charge on any atom is -0.337 e. The molecule has 0 amide bonds. The van der Waals surface area contributed by atoms with E-state index in [1.807, 2.05) is 18.0 Å². The summed E-state index contributed by atoms with van der Waals surface area (Å²) < 4.78 is 2.20. The van der Waals surface area contributed by atoms with Crippen LogP contribution in [0.4, 0.5) is 0 Å². The maximum Gasteiger partial charge on any atom is 0.0945 e. The first-order chi connectivity index (χ1) is 9.31. The van der Waals surface area contributed by atoms with Gasteiger partial charge in [-0.05, 0) is 38.8 Å². The monoisotopic (exact) mass is 276 g/mol. The lowest BCUT2D eigenvalue weighted by atomic mass is 9.96. The molecule has 0 bridgehead atoms. The molecule has 5 heteroatoms. The molecule has 1 aliphatic rings. The Bertz CT molecular complexity index is 497. The van der Waals surface area contributed by atoms with E-state index >= 15 is 0 Å². The molecule has 19 heavy (non-hydrogen) atoms. The molecule has 2 aromatic heterocycles. The van der Waals surface area contributed by atoms with Crippen LogP contribution in [-0.4, -0.2) is 32.5 Å². The molecule has 1 fully saturated rings. The lowest BCUT2D eigenvalue weighted by Gasteiger charge is -2.31. The van der Waals surface area contributed by atoms with Crippen LogP contribution in [-0.2, 0) is 13.1 Å². The molecule has 0 atom stereocenters. The van der Waals surface area contributed by atoms with Crippen molar-refractivity contribution in [2.45, 2.75) is 32.9 Å². The van der Waals surface area contributed by atoms with Crippen molar-refractivity contribution in [3.8, 4) is 0 Å². The highest BCUT2D eigenvalue weighted by Gasteiger charge is 2.20. The van der Waals surface area contributed by atoms with Gasteiger partial charge in [-0.15, -0.1) is 11.3 Å². The molecule has 0 N–H and O–H groups in total. The molecule has 0 radical (unpaired) electrons. The molecule has 1 saturated heterocycles. The lowest BCUT2D eigenvalue weighted by molar-refractivity contribution is 0.168. The summed E-state index contributed by atoms with van der Waals surface area (Å²) in [6.45, 7) is 6.72. The molecule has 0 saturated carbocycles. The first kappa shape index (κ1) is 12.8. The van der Waals surface area contributed by atoms with Crippen molar-refractivity contribution in [1.29, 1.82) is 0 Å². The topological polar surface area (TPSA) is 34.0 Å². The van der Waals surface area contributed by atoms with E-state index in [2.05, 4.69) is 32.6 Å². The number of aromatic nitrogens is 3. The minimum atomic E-state index is 0.799. The quantitative estimate of drug-likeness (QED) is 0.860. The summed E-state index contributed by atoms with van der Waals surface area (Å²) in [4.78, 5) is 12.4. The molecule has 1 aliphatic heterocycles. The van der Waals surface area contributed by atoms with Gasteiger partial charge < -0.3 is 4.57 Å². The van der Waals surface area contributed by atoms with Crippen molar-refractivity contribution in [3.05, 3.63) is 34.8 Å². The highest BCUT2D eigenvalue weighted by atomic mass is 32.1. The van der Waals surface area contributed by atoms with Crippen LogP contribution in [0, 0.1) is 12.8 Å². The van der Waals surface area contributed by atoms with Gasteiger partial charge >= 0.3 is 0 Å². The maximum absolute atomic E-state index is 4.33. The van der Waals surface area contributed by atoms with E-state index in [4.69, 9.17) is 0 Å². The number of nitrogens with zero attached hydrogens (tertiary/aromatic N) is 4. The van der Waals surface area contributed by atoms with E-state index in [9.17, 15) is 0 Å². The summed E-state index contributed by atoms with van der Waals surface area (Å²) in [6, 6.07) is 0. The van der Waals surface area contributed by atoms with Gasteiger partial charge in [0.05, 0.1) is 17.5 Å². The summed E-state index contributed by atoms with van der Waals surface area (Å²) in [5, 5.41) is 0. The van der Waals surface area contributed by atoms with E-state index in [-0.39, 0.29) is 0 Å². The number of hydrogen-bond donors (Lipinski definition) is 0. The maximum atomic E-state index is 4.33. The second kappa shape index (κ2) is 5.84. The fraction of sp³-hybridized carbons (Fsp3) is 0.571. The van der Waals surface area contributed by atoms with Crippen LogP contribution in [0.1, 0.15) is 23.4 Å². The van der Waals surface area contributed by atoms with Crippen LogP contribution in [0.3, 0.4) is 0 Å². The van der Waals surface area contributed by atoms with Crippen molar-refractivity contribution in [2.75, 3.05) is 13.1 Å². The fourth-order valence-corrected chi connectivity index (χ4v) is 3.52. The average Bonchev–Trinajstić information content (AvgIpc) is 3.05. The predicted octanol–water partition coefficient (Wildman–Crippen LogP) is 2.56. The second-order valence-electron chi connectivity index (χ2n) is 5.34. The first-order valence-electron chi connectivity index (χ1n) is 6.88. The highest BCUT2D eigenvalue weighted by molar-refractivity contribution is 7.09. The zero-order valence-electron chi connectivity index (χ0n) is 11.3. The Morgan fingerprint density at radius 3 is 2.84 bits per heavy atom. The van der Waals surface area contributed by atoms with Gasteiger partial charge in [0, 0.05) is 30.4 Å². The van der Waals surface area contributed by atoms with E-state index in [1.54, 1.807) is 11.3 Å². The standard InChI is InChI=1S/C14H20N4S/c1-12-14(19-11-16-12)9-17-5-2-13(3-6-17)8-18-7-4-15-10-18/h4,7,10-11,13H,2-3,5-6,8-9H2,1H3. The van der Waals surface area contributed by atoms with Gasteiger partial charge in [0.2, 0.25) is 0 Å². The predicted molar refractivity (Wildman–Crippen MR) is 77.1 cm³/mol. The SMILES string of the molecule is Cc1ncsc1CN1CCC(Cn2ccnc2)CC1. The summed E-state index contributed by atoms with van der Waals surface area (Å²) in [7, 11) is 0. The van der Waals surface area contributed by atoms with E-state index < -0.39 is 0 Å². The van der Waals surface area contributed by atoms with Crippen LogP contribution in [0.15, 0.2) is 24.2 Å². The molecule has 3 heterocycles. The highest BCUT2D eigenvalue weighted by Crippen LogP contribution is 2.22. The lowest BCUT2D eigenvalue weighted by Crippen LogP contribution is -2.34. The number of rotatable bonds is 4. The zero-order valence-corrected chi connectivity index (χ0v) is 12.1. The molecular formula is C14H20N4S. The Hall–Kier alpha value is -1.20. The van der Waals surface area contributed by atoms with Crippen LogP contribution in [0.25, 0.3) is 0 Å². The molecule has 0 unspecified atom stereocenters. The largest absolute Gasteiger partial charge is 0.337 e. The van der Waals surface area contributed by atoms with Gasteiger partial charge in [-0.3, -0.25) is 4.90 Å². The molecule has 4 nitrogen and oxygen atoms in total. The van der Waals surface area contributed by atoms with Gasteiger partial charge in [0.1, 0.15) is 0 Å². The molecule has 0 aromatic carbocycles. The van der Waals surface area contributed by atoms with E-state index in [0.717, 1.165) is 19.0 Å². The van der Waals surface area contributed by atoms with Crippen molar-refractivity contribution in [3.63, 3.8) is 0 Å². The van der Waals surface area contributed by atoms with Gasteiger partial charge in [-0.2, -0.15) is 0 Å². The number of hydrogen-bond acceptors (Lipinski definition) is 4. The molecule has 0 aliphatic carbocycles.